The molecule has 2 fully saturated rings. The van der Waals surface area contributed by atoms with E-state index in [0.29, 0.717) is 70.4 Å². The van der Waals surface area contributed by atoms with Crippen LogP contribution in [0.1, 0.15) is 107 Å². The van der Waals surface area contributed by atoms with Gasteiger partial charge in [-0.3, -0.25) is 24.8 Å². The standard InChI is InChI=1S/C48H58FN11O5/c1-28(6-11-41(62)45-57-46(58-65-45)48(3,4)5)34-22-37(49)35(21-31(34)26-61)43-36-23-39(55-44(36)54-27-53-43)38-9-7-32(25-52-38)51-16-15-50-24-30-12-17-59(18-13-30)33-8-10-40(29(2)20-33)60-19-14-42(63)56-47(60)64/h7-10,21-23,25,27-30,50-51,61H,6,11-20,24,26H2,1-5H3,(H,53,54,55)(H,56,63,64)/t28-,29?/m0/s1. The molecule has 65 heavy (non-hydrogen) atoms. The van der Waals surface area contributed by atoms with Gasteiger partial charge in [0.15, 0.2) is 5.82 Å². The summed E-state index contributed by atoms with van der Waals surface area (Å²) in [5, 5.41) is 24.4. The predicted octanol–water partition coefficient (Wildman–Crippen LogP) is 7.23. The largest absolute Gasteiger partial charge is 0.392 e. The fourth-order valence-corrected chi connectivity index (χ4v) is 8.87. The van der Waals surface area contributed by atoms with Gasteiger partial charge in [-0.15, -0.1) is 0 Å². The number of imide groups is 1. The summed E-state index contributed by atoms with van der Waals surface area (Å²) in [7, 11) is 0. The van der Waals surface area contributed by atoms with Crippen LogP contribution in [0.5, 0.6) is 0 Å². The maximum Gasteiger partial charge on any atom is 0.328 e. The molecule has 2 aliphatic heterocycles. The van der Waals surface area contributed by atoms with Crippen molar-refractivity contribution in [2.45, 2.75) is 91.1 Å². The summed E-state index contributed by atoms with van der Waals surface area (Å²) < 4.78 is 21.2. The first kappa shape index (κ1) is 45.2. The number of likely N-dealkylation sites (tertiary alicyclic amines) is 1. The number of piperidine rings is 1. The normalized spacial score (nSPS) is 17.9. The van der Waals surface area contributed by atoms with Crippen molar-refractivity contribution in [2.75, 3.05) is 44.6 Å². The van der Waals surface area contributed by atoms with Gasteiger partial charge in [-0.1, -0.05) is 39.8 Å². The van der Waals surface area contributed by atoms with Crippen molar-refractivity contribution in [1.82, 2.24) is 50.5 Å². The molecule has 1 unspecified atom stereocenters. The Labute approximate surface area is 377 Å². The van der Waals surface area contributed by atoms with Crippen molar-refractivity contribution in [3.63, 3.8) is 0 Å². The highest BCUT2D eigenvalue weighted by Crippen LogP contribution is 2.36. The first-order chi connectivity index (χ1) is 31.2. The van der Waals surface area contributed by atoms with Crippen LogP contribution in [0.2, 0.25) is 0 Å². The van der Waals surface area contributed by atoms with Crippen LogP contribution in [0.15, 0.2) is 70.9 Å². The van der Waals surface area contributed by atoms with Gasteiger partial charge >= 0.3 is 6.03 Å². The Balaban J connectivity index is 0.812. The number of nitrogens with zero attached hydrogens (tertiary/aromatic N) is 7. The number of hydrogen-bond donors (Lipinski definition) is 5. The van der Waals surface area contributed by atoms with Gasteiger partial charge in [0.2, 0.25) is 11.7 Å². The molecular weight excluding hydrogens is 830 g/mol. The van der Waals surface area contributed by atoms with E-state index in [-0.39, 0.29) is 59.5 Å². The van der Waals surface area contributed by atoms with Crippen molar-refractivity contribution < 1.29 is 28.4 Å². The molecule has 1 aromatic carbocycles. The van der Waals surface area contributed by atoms with E-state index in [1.807, 2.05) is 45.9 Å². The van der Waals surface area contributed by atoms with E-state index in [1.165, 1.54) is 18.1 Å². The van der Waals surface area contributed by atoms with E-state index >= 15 is 4.39 Å². The van der Waals surface area contributed by atoms with Crippen LogP contribution < -0.4 is 16.0 Å². The lowest BCUT2D eigenvalue weighted by molar-refractivity contribution is -0.121. The van der Waals surface area contributed by atoms with Gasteiger partial charge in [-0.05, 0) is 97.7 Å². The first-order valence-corrected chi connectivity index (χ1v) is 22.6. The Morgan fingerprint density at radius 2 is 1.88 bits per heavy atom. The summed E-state index contributed by atoms with van der Waals surface area (Å²) in [4.78, 5) is 62.1. The van der Waals surface area contributed by atoms with Crippen LogP contribution in [0.25, 0.3) is 33.7 Å². The summed E-state index contributed by atoms with van der Waals surface area (Å²) in [5.74, 6) is -0.0148. The van der Waals surface area contributed by atoms with Crippen molar-refractivity contribution in [3.8, 4) is 22.6 Å². The van der Waals surface area contributed by atoms with E-state index in [1.54, 1.807) is 17.2 Å². The molecule has 3 amide bonds. The number of carbonyl (C=O) groups is 3. The zero-order chi connectivity index (χ0) is 45.8. The zero-order valence-corrected chi connectivity index (χ0v) is 37.7. The SMILES string of the molecule is CC1CC(N2CCC(CNCCNc3ccc(-c4cc5c(-c6cc(CO)c([C@@H](C)CCC(=O)c7nc(C(C)(C)C)no7)cc6F)ncnc5[nH]4)nc3)CC2)=CC=C1N1CCC(=O)NC1=O. The minimum Gasteiger partial charge on any atom is -0.392 e. The van der Waals surface area contributed by atoms with Crippen molar-refractivity contribution in [1.29, 1.82) is 0 Å². The number of aliphatic hydroxyl groups excluding tert-OH is 1. The number of halogens is 1. The number of rotatable bonds is 16. The van der Waals surface area contributed by atoms with E-state index in [9.17, 15) is 19.5 Å². The van der Waals surface area contributed by atoms with Gasteiger partial charge in [-0.2, -0.15) is 4.98 Å². The fourth-order valence-electron chi connectivity index (χ4n) is 8.87. The number of H-pyrrole nitrogens is 1. The third-order valence-electron chi connectivity index (χ3n) is 12.7. The molecule has 17 heteroatoms. The number of fused-ring (bicyclic) bond motifs is 1. The summed E-state index contributed by atoms with van der Waals surface area (Å²) in [6.07, 6.45) is 11.3. The van der Waals surface area contributed by atoms with Crippen molar-refractivity contribution >= 4 is 34.4 Å². The lowest BCUT2D eigenvalue weighted by Crippen LogP contribution is -2.50. The molecule has 4 aromatic heterocycles. The van der Waals surface area contributed by atoms with Crippen molar-refractivity contribution in [3.05, 3.63) is 95.1 Å². The highest BCUT2D eigenvalue weighted by atomic mass is 19.1. The van der Waals surface area contributed by atoms with Crippen LogP contribution in [-0.2, 0) is 16.8 Å². The molecule has 1 aliphatic carbocycles. The Kier molecular flexibility index (Phi) is 13.5. The topological polar surface area (TPSA) is 207 Å². The molecule has 0 spiro atoms. The number of hydrogen-bond acceptors (Lipinski definition) is 13. The number of carbonyl (C=O) groups excluding carboxylic acids is 3. The molecule has 0 saturated carbocycles. The average molecular weight is 888 g/mol. The van der Waals surface area contributed by atoms with Gasteiger partial charge in [0.25, 0.3) is 5.89 Å². The monoisotopic (exact) mass is 887 g/mol. The second-order valence-corrected chi connectivity index (χ2v) is 18.5. The molecule has 2 atom stereocenters. The van der Waals surface area contributed by atoms with Crippen molar-refractivity contribution in [2.24, 2.45) is 11.8 Å². The number of aliphatic hydroxyl groups is 1. The molecular formula is C48H58FN11O5. The number of Topliss-reactive ketones (excluding diaryl/α,β-unsaturated/α-hetero) is 1. The number of ketones is 1. The number of allylic oxidation sites excluding steroid dienone is 4. The molecule has 5 N–H and O–H groups in total. The molecule has 16 nitrogen and oxygen atoms in total. The summed E-state index contributed by atoms with van der Waals surface area (Å²) in [6.45, 7) is 14.5. The lowest BCUT2D eigenvalue weighted by Gasteiger charge is -2.39. The van der Waals surface area contributed by atoms with Gasteiger partial charge < -0.3 is 30.1 Å². The number of anilines is 1. The predicted molar refractivity (Wildman–Crippen MR) is 244 cm³/mol. The van der Waals surface area contributed by atoms with Crippen LogP contribution in [0.3, 0.4) is 0 Å². The number of aromatic amines is 1. The molecule has 0 radical (unpaired) electrons. The Hall–Kier alpha value is -6.33. The molecule has 6 heterocycles. The smallest absolute Gasteiger partial charge is 0.328 e. The van der Waals surface area contributed by atoms with E-state index in [2.05, 4.69) is 70.0 Å². The van der Waals surface area contributed by atoms with Gasteiger partial charge in [0, 0.05) is 79.2 Å². The van der Waals surface area contributed by atoms with E-state index < -0.39 is 5.82 Å². The van der Waals surface area contributed by atoms with Gasteiger partial charge in [0.05, 0.1) is 35.6 Å². The molecule has 342 valence electrons. The summed E-state index contributed by atoms with van der Waals surface area (Å²) in [5.41, 5.74) is 6.52. The van der Waals surface area contributed by atoms with Gasteiger partial charge in [0.1, 0.15) is 17.8 Å². The molecule has 0 bridgehead atoms. The number of nitrogens with one attached hydrogen (secondary N) is 4. The number of aromatic nitrogens is 6. The quantitative estimate of drug-likeness (QED) is 0.0490. The van der Waals surface area contributed by atoms with Crippen LogP contribution in [0.4, 0.5) is 14.9 Å². The Morgan fingerprint density at radius 3 is 2.58 bits per heavy atom. The second-order valence-electron chi connectivity index (χ2n) is 18.5. The van der Waals surface area contributed by atoms with E-state index in [4.69, 9.17) is 4.52 Å². The Bertz CT molecular complexity index is 2610. The number of urea groups is 1. The number of benzene rings is 1. The van der Waals surface area contributed by atoms with Crippen LogP contribution in [-0.4, -0.2) is 102 Å². The highest BCUT2D eigenvalue weighted by Gasteiger charge is 2.32. The number of pyridine rings is 1. The third kappa shape index (κ3) is 10.3. The molecule has 3 aliphatic rings. The average Bonchev–Trinajstić information content (AvgIpc) is 3.98. The Morgan fingerprint density at radius 1 is 1.06 bits per heavy atom. The third-order valence-corrected chi connectivity index (χ3v) is 12.7. The zero-order valence-electron chi connectivity index (χ0n) is 37.7. The molecule has 5 aromatic rings. The number of amides is 3. The van der Waals surface area contributed by atoms with E-state index in [0.717, 1.165) is 63.4 Å². The van der Waals surface area contributed by atoms with Gasteiger partial charge in [-0.25, -0.2) is 19.2 Å². The fraction of sp³-hybridized carbons (Fsp3) is 0.458. The molecule has 8 rings (SSSR count). The minimum atomic E-state index is -0.498. The lowest BCUT2D eigenvalue weighted by atomic mass is 9.89. The van der Waals surface area contributed by atoms with Crippen LogP contribution in [0, 0.1) is 17.7 Å². The highest BCUT2D eigenvalue weighted by molar-refractivity contribution is 5.97. The summed E-state index contributed by atoms with van der Waals surface area (Å²) >= 11 is 0. The van der Waals surface area contributed by atoms with Crippen LogP contribution >= 0.6 is 0 Å². The maximum absolute atomic E-state index is 16.0. The summed E-state index contributed by atoms with van der Waals surface area (Å²) in [6, 6.07) is 8.47. The maximum atomic E-state index is 16.0. The molecule has 2 saturated heterocycles. The second kappa shape index (κ2) is 19.4. The minimum absolute atomic E-state index is 0.0389. The first-order valence-electron chi connectivity index (χ1n) is 22.6.